The topological polar surface area (TPSA) is 58.6 Å². The van der Waals surface area contributed by atoms with Crippen LogP contribution in [0.3, 0.4) is 0 Å². The zero-order chi connectivity index (χ0) is 13.7. The highest BCUT2D eigenvalue weighted by atomic mass is 16.1. The van der Waals surface area contributed by atoms with Crippen LogP contribution in [0.25, 0.3) is 11.5 Å². The van der Waals surface area contributed by atoms with Gasteiger partial charge in [0.1, 0.15) is 5.69 Å². The molecule has 0 unspecified atom stereocenters. The van der Waals surface area contributed by atoms with Crippen LogP contribution in [-0.4, -0.2) is 15.0 Å². The van der Waals surface area contributed by atoms with E-state index in [1.54, 1.807) is 12.3 Å². The Morgan fingerprint density at radius 3 is 2.89 bits per heavy atom. The summed E-state index contributed by atoms with van der Waals surface area (Å²) >= 11 is 0. The maximum atomic E-state index is 12.1. The minimum Gasteiger partial charge on any atom is -0.305 e. The molecule has 2 rings (SSSR count). The summed E-state index contributed by atoms with van der Waals surface area (Å²) in [6, 6.07) is 5.54. The maximum absolute atomic E-state index is 12.1. The van der Waals surface area contributed by atoms with Gasteiger partial charge in [0.15, 0.2) is 5.82 Å². The molecule has 0 spiro atoms. The average Bonchev–Trinajstić information content (AvgIpc) is 2.43. The molecule has 0 aromatic carbocycles. The summed E-state index contributed by atoms with van der Waals surface area (Å²) in [5.74, 6) is 0.530. The van der Waals surface area contributed by atoms with Crippen molar-refractivity contribution in [2.75, 3.05) is 0 Å². The average molecular weight is 255 g/mol. The van der Waals surface area contributed by atoms with E-state index in [4.69, 9.17) is 0 Å². The van der Waals surface area contributed by atoms with Crippen molar-refractivity contribution in [3.63, 3.8) is 0 Å². The Labute approximate surface area is 112 Å². The number of allylic oxidation sites excluding steroid dienone is 1. The number of aromatic amines is 1. The molecule has 0 bridgehead atoms. The molecule has 1 N–H and O–H groups in total. The predicted molar refractivity (Wildman–Crippen MR) is 76.0 cm³/mol. The zero-order valence-corrected chi connectivity index (χ0v) is 11.0. The second kappa shape index (κ2) is 6.09. The monoisotopic (exact) mass is 255 g/mol. The molecular weight excluding hydrogens is 238 g/mol. The lowest BCUT2D eigenvalue weighted by atomic mass is 10.1. The molecule has 0 saturated carbocycles. The summed E-state index contributed by atoms with van der Waals surface area (Å²) in [5, 5.41) is 0. The van der Waals surface area contributed by atoms with Crippen LogP contribution in [-0.2, 0) is 12.8 Å². The number of rotatable bonds is 5. The smallest absolute Gasteiger partial charge is 0.254 e. The summed E-state index contributed by atoms with van der Waals surface area (Å²) in [6.07, 6.45) is 5.69. The number of nitrogens with one attached hydrogen (secondary N) is 1. The molecule has 2 aromatic heterocycles. The number of nitrogens with zero attached hydrogens (tertiary/aromatic N) is 2. The molecule has 0 aliphatic heterocycles. The van der Waals surface area contributed by atoms with Gasteiger partial charge in [-0.15, -0.1) is 6.58 Å². The Bertz CT molecular complexity index is 617. The summed E-state index contributed by atoms with van der Waals surface area (Å²) in [6.45, 7) is 5.76. The van der Waals surface area contributed by atoms with Gasteiger partial charge in [0.2, 0.25) is 0 Å². The molecule has 4 heteroatoms. The summed E-state index contributed by atoms with van der Waals surface area (Å²) < 4.78 is 0. The molecule has 0 saturated heterocycles. The molecular formula is C15H17N3O. The zero-order valence-electron chi connectivity index (χ0n) is 11.0. The van der Waals surface area contributed by atoms with Crippen molar-refractivity contribution in [2.45, 2.75) is 26.2 Å². The van der Waals surface area contributed by atoms with Crippen molar-refractivity contribution < 1.29 is 0 Å². The van der Waals surface area contributed by atoms with Gasteiger partial charge < -0.3 is 4.98 Å². The Kier molecular flexibility index (Phi) is 4.23. The fraction of sp³-hybridized carbons (Fsp3) is 0.267. The normalized spacial score (nSPS) is 10.4. The van der Waals surface area contributed by atoms with Gasteiger partial charge in [-0.3, -0.25) is 9.78 Å². The van der Waals surface area contributed by atoms with Crippen LogP contribution in [0.5, 0.6) is 0 Å². The fourth-order valence-electron chi connectivity index (χ4n) is 1.97. The quantitative estimate of drug-likeness (QED) is 0.835. The Hall–Kier alpha value is -2.23. The number of aryl methyl sites for hydroxylation is 1. The van der Waals surface area contributed by atoms with Crippen LogP contribution in [0.2, 0.25) is 0 Å². The Morgan fingerprint density at radius 2 is 2.26 bits per heavy atom. The van der Waals surface area contributed by atoms with Gasteiger partial charge in [0.05, 0.1) is 5.69 Å². The third-order valence-electron chi connectivity index (χ3n) is 2.84. The van der Waals surface area contributed by atoms with E-state index in [0.717, 1.165) is 18.5 Å². The second-order valence-corrected chi connectivity index (χ2v) is 4.30. The highest BCUT2D eigenvalue weighted by Gasteiger charge is 2.11. The van der Waals surface area contributed by atoms with E-state index in [0.29, 0.717) is 23.5 Å². The van der Waals surface area contributed by atoms with Crippen molar-refractivity contribution >= 4 is 0 Å². The van der Waals surface area contributed by atoms with E-state index in [2.05, 4.69) is 28.5 Å². The minimum absolute atomic E-state index is 0.0981. The lowest BCUT2D eigenvalue weighted by Gasteiger charge is -2.08. The van der Waals surface area contributed by atoms with E-state index in [9.17, 15) is 4.79 Å². The third-order valence-corrected chi connectivity index (χ3v) is 2.84. The van der Waals surface area contributed by atoms with Crippen molar-refractivity contribution in [1.29, 1.82) is 0 Å². The van der Waals surface area contributed by atoms with Gasteiger partial charge in [-0.2, -0.15) is 0 Å². The van der Waals surface area contributed by atoms with Gasteiger partial charge in [-0.1, -0.05) is 25.5 Å². The largest absolute Gasteiger partial charge is 0.305 e. The first-order valence-corrected chi connectivity index (χ1v) is 6.40. The van der Waals surface area contributed by atoms with Gasteiger partial charge in [0, 0.05) is 11.8 Å². The van der Waals surface area contributed by atoms with Crippen molar-refractivity contribution in [1.82, 2.24) is 15.0 Å². The number of H-pyrrole nitrogens is 1. The SMILES string of the molecule is C=CCc1c(CCC)nc(-c2ccccn2)[nH]c1=O. The van der Waals surface area contributed by atoms with Gasteiger partial charge in [0.25, 0.3) is 5.56 Å². The van der Waals surface area contributed by atoms with Crippen LogP contribution >= 0.6 is 0 Å². The lowest BCUT2D eigenvalue weighted by Crippen LogP contribution is -2.18. The molecule has 4 nitrogen and oxygen atoms in total. The Morgan fingerprint density at radius 1 is 1.42 bits per heavy atom. The van der Waals surface area contributed by atoms with Crippen LogP contribution in [0, 0.1) is 0 Å². The van der Waals surface area contributed by atoms with Crippen molar-refractivity contribution in [3.8, 4) is 11.5 Å². The molecule has 98 valence electrons. The molecule has 19 heavy (non-hydrogen) atoms. The molecule has 0 atom stereocenters. The molecule has 0 aliphatic rings. The molecule has 0 radical (unpaired) electrons. The third kappa shape index (κ3) is 2.96. The molecule has 0 fully saturated rings. The highest BCUT2D eigenvalue weighted by Crippen LogP contribution is 2.13. The number of hydrogen-bond donors (Lipinski definition) is 1. The van der Waals surface area contributed by atoms with Crippen LogP contribution in [0.15, 0.2) is 41.8 Å². The minimum atomic E-state index is -0.0981. The van der Waals surface area contributed by atoms with E-state index in [1.165, 1.54) is 0 Å². The van der Waals surface area contributed by atoms with Gasteiger partial charge in [-0.25, -0.2) is 4.98 Å². The first-order valence-electron chi connectivity index (χ1n) is 6.40. The van der Waals surface area contributed by atoms with Crippen molar-refractivity contribution in [2.24, 2.45) is 0 Å². The van der Waals surface area contributed by atoms with Crippen LogP contribution in [0.4, 0.5) is 0 Å². The summed E-state index contributed by atoms with van der Waals surface area (Å²) in [5.41, 5.74) is 2.13. The number of aromatic nitrogens is 3. The first kappa shape index (κ1) is 13.2. The molecule has 0 amide bonds. The van der Waals surface area contributed by atoms with E-state index < -0.39 is 0 Å². The number of pyridine rings is 1. The van der Waals surface area contributed by atoms with E-state index in [1.807, 2.05) is 18.2 Å². The predicted octanol–water partition coefficient (Wildman–Crippen LogP) is 2.51. The number of hydrogen-bond acceptors (Lipinski definition) is 3. The first-order chi connectivity index (χ1) is 9.26. The molecule has 0 aliphatic carbocycles. The van der Waals surface area contributed by atoms with Crippen LogP contribution in [0.1, 0.15) is 24.6 Å². The summed E-state index contributed by atoms with van der Waals surface area (Å²) in [7, 11) is 0. The van der Waals surface area contributed by atoms with E-state index >= 15 is 0 Å². The van der Waals surface area contributed by atoms with Gasteiger partial charge in [-0.05, 0) is 25.0 Å². The van der Waals surface area contributed by atoms with E-state index in [-0.39, 0.29) is 5.56 Å². The van der Waals surface area contributed by atoms with Crippen molar-refractivity contribution in [3.05, 3.63) is 58.7 Å². The summed E-state index contributed by atoms with van der Waals surface area (Å²) in [4.78, 5) is 23.7. The Balaban J connectivity index is 2.54. The molecule has 2 aromatic rings. The van der Waals surface area contributed by atoms with Gasteiger partial charge >= 0.3 is 0 Å². The lowest BCUT2D eigenvalue weighted by molar-refractivity contribution is 0.844. The highest BCUT2D eigenvalue weighted by molar-refractivity contribution is 5.48. The fourth-order valence-corrected chi connectivity index (χ4v) is 1.97. The van der Waals surface area contributed by atoms with Crippen LogP contribution < -0.4 is 5.56 Å². The second-order valence-electron chi connectivity index (χ2n) is 4.30. The molecule has 2 heterocycles. The maximum Gasteiger partial charge on any atom is 0.254 e. The standard InChI is InChI=1S/C15H17N3O/c1-3-7-11-12(8-4-2)17-14(18-15(11)19)13-9-5-6-10-16-13/h3,5-6,9-10H,1,4,7-8H2,2H3,(H,17,18,19).